The van der Waals surface area contributed by atoms with Gasteiger partial charge in [-0.1, -0.05) is 56.6 Å². The Labute approximate surface area is 283 Å². The number of benzene rings is 2. The minimum Gasteiger partial charge on any atom is -0.497 e. The molecule has 2 aromatic carbocycles. The van der Waals surface area contributed by atoms with Crippen molar-refractivity contribution in [2.45, 2.75) is 83.3 Å². The van der Waals surface area contributed by atoms with E-state index in [0.29, 0.717) is 46.8 Å². The van der Waals surface area contributed by atoms with Crippen molar-refractivity contribution in [1.29, 1.82) is 0 Å². The second-order valence-electron chi connectivity index (χ2n) is 13.8. The van der Waals surface area contributed by atoms with Gasteiger partial charge in [0, 0.05) is 36.9 Å². The Morgan fingerprint density at radius 3 is 2.62 bits per heavy atom. The van der Waals surface area contributed by atoms with Crippen LogP contribution < -0.4 is 15.4 Å². The maximum Gasteiger partial charge on any atom is 0.255 e. The van der Waals surface area contributed by atoms with Crippen molar-refractivity contribution in [3.8, 4) is 17.0 Å². The van der Waals surface area contributed by atoms with Crippen LogP contribution in [0.2, 0.25) is 23.2 Å². The molecule has 47 heavy (non-hydrogen) atoms. The Bertz CT molecular complexity index is 1610. The molecule has 0 spiro atoms. The summed E-state index contributed by atoms with van der Waals surface area (Å²) in [6, 6.07) is 12.3. The Hall–Kier alpha value is -3.51. The number of nitrogens with one attached hydrogen (secondary N) is 2. The number of fused-ring (bicyclic) bond motifs is 1. The van der Waals surface area contributed by atoms with Crippen LogP contribution in [-0.2, 0) is 20.5 Å². The summed E-state index contributed by atoms with van der Waals surface area (Å²) in [4.78, 5) is 38.8. The molecule has 0 saturated carbocycles. The zero-order valence-electron chi connectivity index (χ0n) is 28.4. The molecule has 2 atom stereocenters. The molecule has 252 valence electrons. The fraction of sp³-hybridized carbons (Fsp3) is 0.486. The number of anilines is 1. The molecule has 2 amide bonds. The number of rotatable bonds is 11. The first-order valence-corrected chi connectivity index (χ1v) is 19.5. The van der Waals surface area contributed by atoms with Crippen LogP contribution in [0.1, 0.15) is 68.1 Å². The van der Waals surface area contributed by atoms with Crippen LogP contribution in [0.15, 0.2) is 48.7 Å². The first-order chi connectivity index (χ1) is 22.3. The molecule has 2 aliphatic rings. The highest BCUT2D eigenvalue weighted by Crippen LogP contribution is 2.38. The molecule has 1 saturated heterocycles. The first kappa shape index (κ1) is 34.8. The van der Waals surface area contributed by atoms with Crippen LogP contribution >= 0.6 is 11.6 Å². The lowest BCUT2D eigenvalue weighted by atomic mass is 10.0. The third kappa shape index (κ3) is 7.97. The lowest BCUT2D eigenvalue weighted by Gasteiger charge is -2.38. The van der Waals surface area contributed by atoms with Gasteiger partial charge < -0.3 is 29.4 Å². The van der Waals surface area contributed by atoms with E-state index in [4.69, 9.17) is 30.5 Å². The van der Waals surface area contributed by atoms with Gasteiger partial charge in [0.15, 0.2) is 8.32 Å². The van der Waals surface area contributed by atoms with Crippen molar-refractivity contribution in [2.24, 2.45) is 0 Å². The van der Waals surface area contributed by atoms with E-state index in [1.54, 1.807) is 18.2 Å². The molecule has 3 aromatic rings. The summed E-state index contributed by atoms with van der Waals surface area (Å²) in [5.74, 6) is 0.677. The summed E-state index contributed by atoms with van der Waals surface area (Å²) in [6.45, 7) is 14.4. The number of hydrogen-bond acceptors (Lipinski definition) is 8. The average molecular weight is 680 g/mol. The summed E-state index contributed by atoms with van der Waals surface area (Å²) < 4.78 is 17.4. The monoisotopic (exact) mass is 679 g/mol. The average Bonchev–Trinajstić information content (AvgIpc) is 3.37. The summed E-state index contributed by atoms with van der Waals surface area (Å²) >= 11 is 6.58. The Balaban J connectivity index is 1.39. The van der Waals surface area contributed by atoms with Crippen molar-refractivity contribution in [2.75, 3.05) is 32.2 Å². The molecule has 0 aliphatic carbocycles. The van der Waals surface area contributed by atoms with E-state index in [9.17, 15) is 9.59 Å². The molecule has 12 heteroatoms. The number of hydrogen-bond donors (Lipinski definition) is 2. The van der Waals surface area contributed by atoms with Gasteiger partial charge in [0.2, 0.25) is 11.9 Å². The molecule has 1 unspecified atom stereocenters. The van der Waals surface area contributed by atoms with Gasteiger partial charge in [-0.3, -0.25) is 9.59 Å². The Kier molecular flexibility index (Phi) is 10.6. The zero-order valence-corrected chi connectivity index (χ0v) is 30.1. The fourth-order valence-corrected chi connectivity index (χ4v) is 6.71. The summed E-state index contributed by atoms with van der Waals surface area (Å²) in [5.41, 5.74) is 3.48. The molecule has 0 bridgehead atoms. The SMILES string of the molecule is COc1cccc([C@@H](C)NC(=O)C(CO[Si](C)(C)C(C)(C)C)N2Cc3ccc(-c4nc(NC5CCOCC5)ncc4Cl)cc3C2=O)c1. The second-order valence-corrected chi connectivity index (χ2v) is 19.0. The smallest absolute Gasteiger partial charge is 0.255 e. The predicted octanol–water partition coefficient (Wildman–Crippen LogP) is 6.62. The van der Waals surface area contributed by atoms with E-state index < -0.39 is 14.4 Å². The number of ether oxygens (including phenoxy) is 2. The van der Waals surface area contributed by atoms with Crippen LogP contribution in [0.3, 0.4) is 0 Å². The number of aromatic nitrogens is 2. The van der Waals surface area contributed by atoms with Crippen molar-refractivity contribution in [1.82, 2.24) is 20.2 Å². The highest BCUT2D eigenvalue weighted by atomic mass is 35.5. The van der Waals surface area contributed by atoms with Crippen LogP contribution in [0.5, 0.6) is 5.75 Å². The van der Waals surface area contributed by atoms with Gasteiger partial charge in [-0.25, -0.2) is 9.97 Å². The van der Waals surface area contributed by atoms with E-state index in [2.05, 4.69) is 49.5 Å². The molecule has 2 N–H and O–H groups in total. The maximum atomic E-state index is 14.1. The minimum atomic E-state index is -2.24. The Morgan fingerprint density at radius 2 is 1.91 bits per heavy atom. The highest BCUT2D eigenvalue weighted by molar-refractivity contribution is 6.74. The van der Waals surface area contributed by atoms with Crippen LogP contribution in [0.4, 0.5) is 5.95 Å². The molecule has 5 rings (SSSR count). The molecule has 3 heterocycles. The highest BCUT2D eigenvalue weighted by Gasteiger charge is 2.42. The lowest BCUT2D eigenvalue weighted by molar-refractivity contribution is -0.127. The van der Waals surface area contributed by atoms with Gasteiger partial charge in [-0.05, 0) is 67.2 Å². The number of nitrogens with zero attached hydrogens (tertiary/aromatic N) is 3. The molecule has 1 aromatic heterocycles. The molecular formula is C35H46ClN5O5Si. The van der Waals surface area contributed by atoms with Crippen molar-refractivity contribution < 1.29 is 23.5 Å². The number of amides is 2. The van der Waals surface area contributed by atoms with Gasteiger partial charge in [0.05, 0.1) is 36.7 Å². The predicted molar refractivity (Wildman–Crippen MR) is 186 cm³/mol. The van der Waals surface area contributed by atoms with E-state index in [1.807, 2.05) is 49.4 Å². The van der Waals surface area contributed by atoms with Crippen molar-refractivity contribution in [3.05, 3.63) is 70.4 Å². The van der Waals surface area contributed by atoms with Crippen LogP contribution in [-0.4, -0.2) is 74.0 Å². The van der Waals surface area contributed by atoms with Gasteiger partial charge in [-0.15, -0.1) is 0 Å². The van der Waals surface area contributed by atoms with E-state index in [1.165, 1.54) is 0 Å². The summed E-state index contributed by atoms with van der Waals surface area (Å²) in [6.07, 6.45) is 3.32. The third-order valence-electron chi connectivity index (χ3n) is 9.55. The van der Waals surface area contributed by atoms with Crippen LogP contribution in [0.25, 0.3) is 11.3 Å². The van der Waals surface area contributed by atoms with Gasteiger partial charge in [0.1, 0.15) is 11.8 Å². The summed E-state index contributed by atoms with van der Waals surface area (Å²) in [5, 5.41) is 6.84. The normalized spacial score (nSPS) is 16.9. The third-order valence-corrected chi connectivity index (χ3v) is 14.3. The Morgan fingerprint density at radius 1 is 1.17 bits per heavy atom. The van der Waals surface area contributed by atoms with Gasteiger partial charge in [-0.2, -0.15) is 0 Å². The van der Waals surface area contributed by atoms with Crippen molar-refractivity contribution >= 4 is 37.7 Å². The van der Waals surface area contributed by atoms with Crippen molar-refractivity contribution in [3.63, 3.8) is 0 Å². The number of halogens is 1. The summed E-state index contributed by atoms with van der Waals surface area (Å²) in [7, 11) is -0.629. The topological polar surface area (TPSA) is 115 Å². The molecular weight excluding hydrogens is 634 g/mol. The molecule has 1 fully saturated rings. The molecule has 0 radical (unpaired) electrons. The standard InChI is InChI=1S/C35H46ClN5O5Si/c1-22(23-9-8-10-27(17-23)44-5)38-32(42)30(21-46-47(6,7)35(2,3)4)41-20-25-12-11-24(18-28(25)33(41)43)31-29(36)19-37-34(40-31)39-26-13-15-45-16-14-26/h8-12,17-19,22,26,30H,13-16,20-21H2,1-7H3,(H,38,42)(H,37,39,40)/t22-,30?/m1/s1. The van der Waals surface area contributed by atoms with E-state index >= 15 is 0 Å². The van der Waals surface area contributed by atoms with Crippen LogP contribution in [0, 0.1) is 0 Å². The minimum absolute atomic E-state index is 0.0654. The zero-order chi connectivity index (χ0) is 33.9. The van der Waals surface area contributed by atoms with E-state index in [-0.39, 0.29) is 42.1 Å². The maximum absolute atomic E-state index is 14.1. The lowest BCUT2D eigenvalue weighted by Crippen LogP contribution is -2.53. The number of carbonyl (C=O) groups is 2. The second kappa shape index (κ2) is 14.3. The van der Waals surface area contributed by atoms with E-state index in [0.717, 1.165) is 24.0 Å². The van der Waals surface area contributed by atoms with Gasteiger partial charge in [0.25, 0.3) is 5.91 Å². The fourth-order valence-electron chi connectivity index (χ4n) is 5.50. The number of methoxy groups -OCH3 is 1. The largest absolute Gasteiger partial charge is 0.497 e. The molecule has 2 aliphatic heterocycles. The quantitative estimate of drug-likeness (QED) is 0.217. The van der Waals surface area contributed by atoms with Gasteiger partial charge >= 0.3 is 0 Å². The first-order valence-electron chi connectivity index (χ1n) is 16.2. The molecule has 10 nitrogen and oxygen atoms in total. The number of carbonyl (C=O) groups excluding carboxylic acids is 2.